The van der Waals surface area contributed by atoms with E-state index in [-0.39, 0.29) is 5.92 Å². The molecule has 116 valence electrons. The van der Waals surface area contributed by atoms with Crippen LogP contribution in [-0.2, 0) is 4.79 Å². The van der Waals surface area contributed by atoms with Gasteiger partial charge in [0.25, 0.3) is 0 Å². The molecule has 22 heavy (non-hydrogen) atoms. The normalized spacial score (nSPS) is 22.5. The number of carbonyl (C=O) groups is 1. The van der Waals surface area contributed by atoms with Gasteiger partial charge in [-0.25, -0.2) is 9.50 Å². The molecule has 2 aromatic rings. The van der Waals surface area contributed by atoms with E-state index in [0.717, 1.165) is 55.4 Å². The number of rotatable bonds is 2. The molecule has 0 N–H and O–H groups in total. The van der Waals surface area contributed by atoms with Crippen LogP contribution in [0.1, 0.15) is 6.42 Å². The first-order valence-electron chi connectivity index (χ1n) is 7.73. The number of nitrogens with zero attached hydrogens (tertiary/aromatic N) is 5. The molecule has 4 rings (SSSR count). The lowest BCUT2D eigenvalue weighted by atomic mass is 10.1. The number of hydrogen-bond acceptors (Lipinski definition) is 5. The molecule has 6 nitrogen and oxygen atoms in total. The van der Waals surface area contributed by atoms with Crippen molar-refractivity contribution < 1.29 is 4.79 Å². The highest BCUT2D eigenvalue weighted by Gasteiger charge is 2.33. The summed E-state index contributed by atoms with van der Waals surface area (Å²) in [5, 5.41) is 4.25. The van der Waals surface area contributed by atoms with Gasteiger partial charge < -0.3 is 9.80 Å². The van der Waals surface area contributed by atoms with Gasteiger partial charge in [0.15, 0.2) is 5.82 Å². The Kier molecular flexibility index (Phi) is 3.65. The monoisotopic (exact) mass is 317 g/mol. The van der Waals surface area contributed by atoms with Crippen molar-refractivity contribution in [3.05, 3.63) is 24.7 Å². The molecule has 0 bridgehead atoms. The highest BCUT2D eigenvalue weighted by atomic mass is 32.2. The number of fused-ring (bicyclic) bond motifs is 1. The lowest BCUT2D eigenvalue weighted by molar-refractivity contribution is -0.134. The van der Waals surface area contributed by atoms with Crippen LogP contribution in [0.25, 0.3) is 5.52 Å². The summed E-state index contributed by atoms with van der Waals surface area (Å²) in [7, 11) is 0. The number of thioether (sulfide) groups is 1. The average Bonchev–Trinajstić information content (AvgIpc) is 3.24. The fraction of sp³-hybridized carbons (Fsp3) is 0.533. The van der Waals surface area contributed by atoms with Crippen molar-refractivity contribution >= 4 is 29.0 Å². The average molecular weight is 317 g/mol. The summed E-state index contributed by atoms with van der Waals surface area (Å²) in [6.07, 6.45) is 6.32. The molecule has 7 heteroatoms. The predicted octanol–water partition coefficient (Wildman–Crippen LogP) is 1.13. The zero-order valence-corrected chi connectivity index (χ0v) is 13.2. The molecular weight excluding hydrogens is 298 g/mol. The highest BCUT2D eigenvalue weighted by molar-refractivity contribution is 7.99. The van der Waals surface area contributed by atoms with E-state index in [4.69, 9.17) is 0 Å². The first-order chi connectivity index (χ1) is 10.8. The Hall–Kier alpha value is -1.76. The van der Waals surface area contributed by atoms with E-state index in [9.17, 15) is 4.79 Å². The lowest BCUT2D eigenvalue weighted by Gasteiger charge is -2.29. The van der Waals surface area contributed by atoms with Crippen molar-refractivity contribution in [1.82, 2.24) is 19.5 Å². The number of hydrogen-bond donors (Lipinski definition) is 0. The molecule has 0 saturated carbocycles. The van der Waals surface area contributed by atoms with Crippen LogP contribution in [0.15, 0.2) is 24.7 Å². The number of anilines is 1. The maximum atomic E-state index is 12.6. The molecule has 0 aromatic carbocycles. The third-order valence-electron chi connectivity index (χ3n) is 4.46. The van der Waals surface area contributed by atoms with Gasteiger partial charge in [0.2, 0.25) is 5.91 Å². The lowest BCUT2D eigenvalue weighted by Crippen LogP contribution is -2.42. The van der Waals surface area contributed by atoms with E-state index in [1.54, 1.807) is 12.4 Å². The smallest absolute Gasteiger partial charge is 0.227 e. The minimum absolute atomic E-state index is 0.105. The van der Waals surface area contributed by atoms with E-state index < -0.39 is 0 Å². The fourth-order valence-electron chi connectivity index (χ4n) is 3.28. The van der Waals surface area contributed by atoms with Crippen LogP contribution in [0, 0.1) is 5.92 Å². The summed E-state index contributed by atoms with van der Waals surface area (Å²) < 4.78 is 1.83. The molecule has 1 amide bonds. The van der Waals surface area contributed by atoms with E-state index in [1.165, 1.54) is 0 Å². The van der Waals surface area contributed by atoms with Crippen molar-refractivity contribution in [3.63, 3.8) is 0 Å². The van der Waals surface area contributed by atoms with Crippen molar-refractivity contribution in [2.75, 3.05) is 42.6 Å². The number of aromatic nitrogens is 3. The maximum absolute atomic E-state index is 12.6. The van der Waals surface area contributed by atoms with Crippen LogP contribution in [-0.4, -0.2) is 63.1 Å². The van der Waals surface area contributed by atoms with Crippen molar-refractivity contribution in [2.45, 2.75) is 6.42 Å². The summed E-state index contributed by atoms with van der Waals surface area (Å²) in [4.78, 5) is 21.4. The van der Waals surface area contributed by atoms with E-state index in [0.29, 0.717) is 5.91 Å². The summed E-state index contributed by atoms with van der Waals surface area (Å²) in [5.41, 5.74) is 1.00. The number of amides is 1. The van der Waals surface area contributed by atoms with E-state index >= 15 is 0 Å². The molecule has 1 unspecified atom stereocenters. The van der Waals surface area contributed by atoms with E-state index in [2.05, 4.69) is 15.0 Å². The van der Waals surface area contributed by atoms with Crippen molar-refractivity contribution in [3.8, 4) is 0 Å². The van der Waals surface area contributed by atoms with Gasteiger partial charge in [-0.1, -0.05) is 0 Å². The van der Waals surface area contributed by atoms with Crippen LogP contribution in [0.2, 0.25) is 0 Å². The Labute approximate surface area is 133 Å². The molecule has 2 aliphatic heterocycles. The second-order valence-electron chi connectivity index (χ2n) is 5.78. The first kappa shape index (κ1) is 13.9. The Bertz CT molecular complexity index is 681. The van der Waals surface area contributed by atoms with Crippen LogP contribution in [0.3, 0.4) is 0 Å². The molecule has 2 aliphatic rings. The van der Waals surface area contributed by atoms with Gasteiger partial charge in [0.1, 0.15) is 5.52 Å². The summed E-state index contributed by atoms with van der Waals surface area (Å²) >= 11 is 1.93. The minimum Gasteiger partial charge on any atom is -0.354 e. The molecule has 4 heterocycles. The Morgan fingerprint density at radius 2 is 2.09 bits per heavy atom. The van der Waals surface area contributed by atoms with Gasteiger partial charge in [0, 0.05) is 50.1 Å². The first-order valence-corrected chi connectivity index (χ1v) is 8.88. The van der Waals surface area contributed by atoms with E-state index in [1.807, 2.05) is 33.4 Å². The summed E-state index contributed by atoms with van der Waals surface area (Å²) in [6, 6.07) is 1.97. The van der Waals surface area contributed by atoms with Gasteiger partial charge in [-0.2, -0.15) is 16.9 Å². The van der Waals surface area contributed by atoms with Gasteiger partial charge in [-0.3, -0.25) is 4.79 Å². The second kappa shape index (κ2) is 5.79. The Morgan fingerprint density at radius 1 is 1.23 bits per heavy atom. The Morgan fingerprint density at radius 3 is 2.95 bits per heavy atom. The van der Waals surface area contributed by atoms with Gasteiger partial charge in [-0.05, 0) is 12.5 Å². The SMILES string of the molecule is O=C(C1CCN(c2nccn3nccc23)C1)N1CCSCC1. The highest BCUT2D eigenvalue weighted by Crippen LogP contribution is 2.27. The Balaban J connectivity index is 1.50. The molecule has 2 fully saturated rings. The standard InChI is InChI=1S/C15H19N5OS/c21-15(18-7-9-22-10-8-18)12-2-5-19(11-12)14-13-1-3-17-20(13)6-4-16-14/h1,3-4,6,12H,2,5,7-11H2. The molecule has 1 atom stereocenters. The predicted molar refractivity (Wildman–Crippen MR) is 87.2 cm³/mol. The molecule has 2 saturated heterocycles. The largest absolute Gasteiger partial charge is 0.354 e. The minimum atomic E-state index is 0.105. The van der Waals surface area contributed by atoms with Crippen LogP contribution < -0.4 is 4.90 Å². The van der Waals surface area contributed by atoms with Gasteiger partial charge in [0.05, 0.1) is 12.1 Å². The molecule has 2 aromatic heterocycles. The number of carbonyl (C=O) groups excluding carboxylic acids is 1. The van der Waals surface area contributed by atoms with Crippen molar-refractivity contribution in [1.29, 1.82) is 0 Å². The molecular formula is C15H19N5OS. The fourth-order valence-corrected chi connectivity index (χ4v) is 4.19. The zero-order chi connectivity index (χ0) is 14.9. The molecule has 0 radical (unpaired) electrons. The van der Waals surface area contributed by atoms with Crippen molar-refractivity contribution in [2.24, 2.45) is 5.92 Å². The summed E-state index contributed by atoms with van der Waals surface area (Å²) in [6.45, 7) is 3.45. The summed E-state index contributed by atoms with van der Waals surface area (Å²) in [5.74, 6) is 3.50. The molecule has 0 spiro atoms. The molecule has 0 aliphatic carbocycles. The van der Waals surface area contributed by atoms with Gasteiger partial charge >= 0.3 is 0 Å². The topological polar surface area (TPSA) is 53.7 Å². The third-order valence-corrected chi connectivity index (χ3v) is 5.41. The quantitative estimate of drug-likeness (QED) is 0.831. The second-order valence-corrected chi connectivity index (χ2v) is 7.01. The van der Waals surface area contributed by atoms with Crippen LogP contribution in [0.4, 0.5) is 5.82 Å². The zero-order valence-electron chi connectivity index (χ0n) is 12.4. The van der Waals surface area contributed by atoms with Gasteiger partial charge in [-0.15, -0.1) is 0 Å². The van der Waals surface area contributed by atoms with Crippen LogP contribution >= 0.6 is 11.8 Å². The maximum Gasteiger partial charge on any atom is 0.227 e. The third kappa shape index (κ3) is 2.43. The van der Waals surface area contributed by atoms with Crippen LogP contribution in [0.5, 0.6) is 0 Å².